The van der Waals surface area contributed by atoms with Gasteiger partial charge in [0, 0.05) is 36.7 Å². The molecule has 0 N–H and O–H groups in total. The van der Waals surface area contributed by atoms with Crippen LogP contribution in [0.25, 0.3) is 0 Å². The first-order valence-corrected chi connectivity index (χ1v) is 18.1. The molecule has 0 fully saturated rings. The number of hydrogen-bond donors (Lipinski definition) is 2. The Morgan fingerprint density at radius 3 is 1.00 bits per heavy atom. The molecular formula is C34H68O8S2Sn. The van der Waals surface area contributed by atoms with E-state index >= 15 is 0 Å². The second-order valence-corrected chi connectivity index (χ2v) is 11.7. The second-order valence-electron chi connectivity index (χ2n) is 11.1. The van der Waals surface area contributed by atoms with E-state index in [9.17, 15) is 19.2 Å². The maximum absolute atomic E-state index is 10.7. The molecule has 0 spiro atoms. The number of thiol groups is 2. The van der Waals surface area contributed by atoms with Gasteiger partial charge in [0.1, 0.15) is 0 Å². The van der Waals surface area contributed by atoms with Gasteiger partial charge in [-0.05, 0) is 37.5 Å². The molecule has 0 bridgehead atoms. The van der Waals surface area contributed by atoms with Gasteiger partial charge in [-0.1, -0.05) is 107 Å². The van der Waals surface area contributed by atoms with Crippen LogP contribution in [0, 0.1) is 11.8 Å². The number of unbranched alkanes of at least 4 members (excludes halogenated alkanes) is 6. The summed E-state index contributed by atoms with van der Waals surface area (Å²) in [6.45, 7) is 18.9. The standard InChI is InChI=1S/2C10H20O2S.2C7H14O2.Sn/c2*1-9(2)6-4-3-5-7-12-10(11)8-13;2*1-3-5-6-9-7(8)4-2;/h2*9,13H,3-8H2,1-2H3;2*3-6H2,1-2H3;. The minimum atomic E-state index is -0.216. The van der Waals surface area contributed by atoms with E-state index in [4.69, 9.17) is 18.9 Å². The molecular weight excluding hydrogens is 719 g/mol. The number of hydrogen-bond acceptors (Lipinski definition) is 10. The van der Waals surface area contributed by atoms with Crippen LogP contribution in [0.1, 0.15) is 145 Å². The van der Waals surface area contributed by atoms with E-state index in [-0.39, 0.29) is 59.3 Å². The Morgan fingerprint density at radius 2 is 0.756 bits per heavy atom. The van der Waals surface area contributed by atoms with Crippen LogP contribution < -0.4 is 0 Å². The molecule has 0 heterocycles. The Morgan fingerprint density at radius 1 is 0.467 bits per heavy atom. The molecule has 11 heteroatoms. The molecule has 0 atom stereocenters. The van der Waals surface area contributed by atoms with Crippen molar-refractivity contribution in [1.29, 1.82) is 0 Å². The van der Waals surface area contributed by atoms with Crippen molar-refractivity contribution >= 4 is 73.0 Å². The normalized spacial score (nSPS) is 9.69. The monoisotopic (exact) mass is 788 g/mol. The molecule has 0 aliphatic carbocycles. The van der Waals surface area contributed by atoms with Crippen LogP contribution in [0.4, 0.5) is 0 Å². The number of carbonyl (C=O) groups is 4. The Labute approximate surface area is 304 Å². The maximum atomic E-state index is 10.7. The first-order chi connectivity index (χ1) is 20.9. The molecule has 0 unspecified atom stereocenters. The summed E-state index contributed by atoms with van der Waals surface area (Å²) in [6.07, 6.45) is 14.3. The third-order valence-corrected chi connectivity index (χ3v) is 6.25. The minimum Gasteiger partial charge on any atom is -0.466 e. The minimum absolute atomic E-state index is 0. The van der Waals surface area contributed by atoms with Gasteiger partial charge in [-0.25, -0.2) is 0 Å². The summed E-state index contributed by atoms with van der Waals surface area (Å²) in [5.41, 5.74) is 0. The molecule has 0 aliphatic heterocycles. The molecule has 8 nitrogen and oxygen atoms in total. The van der Waals surface area contributed by atoms with Crippen molar-refractivity contribution in [2.45, 2.75) is 145 Å². The quantitative estimate of drug-likeness (QED) is 0.0371. The average molecular weight is 788 g/mol. The third-order valence-electron chi connectivity index (χ3n) is 5.74. The predicted molar refractivity (Wildman–Crippen MR) is 194 cm³/mol. The van der Waals surface area contributed by atoms with Crippen molar-refractivity contribution in [3.8, 4) is 0 Å². The third kappa shape index (κ3) is 59.3. The maximum Gasteiger partial charge on any atom is 0.315 e. The van der Waals surface area contributed by atoms with E-state index in [0.717, 1.165) is 63.2 Å². The van der Waals surface area contributed by atoms with Gasteiger partial charge in [0.2, 0.25) is 0 Å². The fraction of sp³-hybridized carbons (Fsp3) is 0.882. The topological polar surface area (TPSA) is 105 Å². The van der Waals surface area contributed by atoms with Crippen molar-refractivity contribution in [3.05, 3.63) is 0 Å². The van der Waals surface area contributed by atoms with Gasteiger partial charge < -0.3 is 18.9 Å². The van der Waals surface area contributed by atoms with Crippen LogP contribution in [0.2, 0.25) is 0 Å². The Hall–Kier alpha value is -0.621. The van der Waals surface area contributed by atoms with Crippen molar-refractivity contribution in [1.82, 2.24) is 0 Å². The molecule has 0 aromatic carbocycles. The van der Waals surface area contributed by atoms with Gasteiger partial charge in [-0.3, -0.25) is 19.2 Å². The Bertz CT molecular complexity index is 596. The van der Waals surface area contributed by atoms with E-state index in [2.05, 4.69) is 66.8 Å². The Balaban J connectivity index is -0.000000159. The van der Waals surface area contributed by atoms with Crippen LogP contribution in [0.3, 0.4) is 0 Å². The number of ether oxygens (including phenoxy) is 4. The van der Waals surface area contributed by atoms with Gasteiger partial charge in [0.25, 0.3) is 0 Å². The summed E-state index contributed by atoms with van der Waals surface area (Å²) in [5, 5.41) is 0. The molecule has 0 aromatic rings. The van der Waals surface area contributed by atoms with Crippen LogP contribution in [0.15, 0.2) is 0 Å². The predicted octanol–water partition coefficient (Wildman–Crippen LogP) is 8.45. The van der Waals surface area contributed by atoms with Gasteiger partial charge in [0.05, 0.1) is 37.9 Å². The smallest absolute Gasteiger partial charge is 0.315 e. The Kier molecular flexibility index (Phi) is 54.5. The summed E-state index contributed by atoms with van der Waals surface area (Å²) < 4.78 is 19.4. The van der Waals surface area contributed by atoms with Crippen molar-refractivity contribution in [2.75, 3.05) is 37.9 Å². The first-order valence-electron chi connectivity index (χ1n) is 16.8. The van der Waals surface area contributed by atoms with E-state index in [1.54, 1.807) is 13.8 Å². The molecule has 0 aromatic heterocycles. The van der Waals surface area contributed by atoms with Crippen LogP contribution in [-0.2, 0) is 38.1 Å². The van der Waals surface area contributed by atoms with E-state index < -0.39 is 0 Å². The summed E-state index contributed by atoms with van der Waals surface area (Å²) in [5.74, 6) is 1.31. The first kappa shape index (κ1) is 53.9. The zero-order valence-corrected chi connectivity index (χ0v) is 34.6. The van der Waals surface area contributed by atoms with Gasteiger partial charge in [-0.15, -0.1) is 0 Å². The average Bonchev–Trinajstić information content (AvgIpc) is 3.00. The van der Waals surface area contributed by atoms with Crippen LogP contribution >= 0.6 is 25.3 Å². The zero-order chi connectivity index (χ0) is 34.4. The molecule has 4 radical (unpaired) electrons. The molecule has 0 aliphatic rings. The second kappa shape index (κ2) is 45.5. The fourth-order valence-electron chi connectivity index (χ4n) is 2.99. The van der Waals surface area contributed by atoms with E-state index in [1.165, 1.54) is 25.7 Å². The van der Waals surface area contributed by atoms with Crippen molar-refractivity contribution in [2.24, 2.45) is 11.8 Å². The summed E-state index contributed by atoms with van der Waals surface area (Å²) in [6, 6.07) is 0. The summed E-state index contributed by atoms with van der Waals surface area (Å²) >= 11 is 7.62. The molecule has 45 heavy (non-hydrogen) atoms. The molecule has 268 valence electrons. The zero-order valence-electron chi connectivity index (χ0n) is 30.0. The van der Waals surface area contributed by atoms with Crippen LogP contribution in [0.5, 0.6) is 0 Å². The van der Waals surface area contributed by atoms with Gasteiger partial charge >= 0.3 is 23.9 Å². The number of rotatable bonds is 22. The molecule has 0 rings (SSSR count). The number of carbonyl (C=O) groups excluding carboxylic acids is 4. The van der Waals surface area contributed by atoms with E-state index in [1.807, 2.05) is 0 Å². The molecule has 0 saturated carbocycles. The number of esters is 4. The molecule has 0 saturated heterocycles. The van der Waals surface area contributed by atoms with Gasteiger partial charge in [0.15, 0.2) is 0 Å². The SMILES string of the molecule is CC(C)CCCCCOC(=O)CS.CC(C)CCCCCOC(=O)CS.CCCCOC(=O)CC.CCCCOC(=O)CC.[Sn]. The summed E-state index contributed by atoms with van der Waals surface area (Å²) in [4.78, 5) is 42.2. The molecule has 0 amide bonds. The van der Waals surface area contributed by atoms with Crippen molar-refractivity contribution in [3.63, 3.8) is 0 Å². The van der Waals surface area contributed by atoms with Gasteiger partial charge in [-0.2, -0.15) is 25.3 Å². The summed E-state index contributed by atoms with van der Waals surface area (Å²) in [7, 11) is 0. The van der Waals surface area contributed by atoms with E-state index in [0.29, 0.717) is 39.3 Å². The van der Waals surface area contributed by atoms with Crippen molar-refractivity contribution < 1.29 is 38.1 Å². The van der Waals surface area contributed by atoms with Crippen LogP contribution in [-0.4, -0.2) is 85.7 Å². The fourth-order valence-corrected chi connectivity index (χ4v) is 3.17. The largest absolute Gasteiger partial charge is 0.466 e.